The molecule has 0 fully saturated rings. The van der Waals surface area contributed by atoms with Crippen LogP contribution in [0.1, 0.15) is 40.5 Å². The second-order valence-electron chi connectivity index (χ2n) is 3.51. The predicted molar refractivity (Wildman–Crippen MR) is 66.6 cm³/mol. The van der Waals surface area contributed by atoms with E-state index in [1.165, 1.54) is 5.57 Å². The number of halogens is 1. The van der Waals surface area contributed by atoms with Crippen LogP contribution in [0.5, 0.6) is 0 Å². The van der Waals surface area contributed by atoms with Gasteiger partial charge in [0.2, 0.25) is 0 Å². The molecular weight excluding hydrogens is 192 g/mol. The summed E-state index contributed by atoms with van der Waals surface area (Å²) in [4.78, 5) is 0. The minimum Gasteiger partial charge on any atom is -0.0844 e. The molecule has 0 N–H and O–H groups in total. The summed E-state index contributed by atoms with van der Waals surface area (Å²) in [6.45, 7) is 8.42. The first-order valence-electron chi connectivity index (χ1n) is 5.42. The number of hydrogen-bond acceptors (Lipinski definition) is 0. The van der Waals surface area contributed by atoms with Crippen LogP contribution in [0.15, 0.2) is 34.9 Å². The summed E-state index contributed by atoms with van der Waals surface area (Å²) in [5.41, 5.74) is 1.26. The molecule has 0 saturated heterocycles. The third kappa shape index (κ3) is 5.29. The maximum atomic E-state index is 6.08. The zero-order chi connectivity index (χ0) is 11.0. The molecule has 0 aliphatic heterocycles. The lowest BCUT2D eigenvalue weighted by Crippen LogP contribution is -1.91. The monoisotopic (exact) mass is 212 g/mol. The Labute approximate surface area is 93.4 Å². The van der Waals surface area contributed by atoms with Gasteiger partial charge in [0, 0.05) is 5.03 Å². The molecule has 0 aromatic rings. The van der Waals surface area contributed by atoms with Crippen molar-refractivity contribution in [2.24, 2.45) is 5.92 Å². The Morgan fingerprint density at radius 2 is 2.00 bits per heavy atom. The van der Waals surface area contributed by atoms with Gasteiger partial charge in [-0.05, 0) is 24.3 Å². The number of allylic oxidation sites excluding steroid dienone is 6. The fourth-order valence-electron chi connectivity index (χ4n) is 1.25. The molecule has 0 spiro atoms. The van der Waals surface area contributed by atoms with Crippen molar-refractivity contribution in [1.29, 1.82) is 0 Å². The molecule has 1 rings (SSSR count). The first-order valence-corrected chi connectivity index (χ1v) is 5.79. The summed E-state index contributed by atoms with van der Waals surface area (Å²) in [5, 5.41) is 0.925. The fraction of sp³-hybridized carbons (Fsp3) is 0.538. The molecule has 1 aliphatic rings. The average molecular weight is 213 g/mol. The molecule has 0 nitrogen and oxygen atoms in total. The van der Waals surface area contributed by atoms with Crippen LogP contribution in [-0.4, -0.2) is 0 Å². The quantitative estimate of drug-likeness (QED) is 0.600. The van der Waals surface area contributed by atoms with Gasteiger partial charge in [-0.25, -0.2) is 0 Å². The zero-order valence-electron chi connectivity index (χ0n) is 9.68. The van der Waals surface area contributed by atoms with Gasteiger partial charge in [0.25, 0.3) is 0 Å². The van der Waals surface area contributed by atoms with Crippen LogP contribution in [0.3, 0.4) is 0 Å². The fourth-order valence-corrected chi connectivity index (χ4v) is 1.48. The highest BCUT2D eigenvalue weighted by molar-refractivity contribution is 6.32. The topological polar surface area (TPSA) is 0 Å². The van der Waals surface area contributed by atoms with Gasteiger partial charge < -0.3 is 0 Å². The predicted octanol–water partition coefficient (Wildman–Crippen LogP) is 5.07. The van der Waals surface area contributed by atoms with Crippen LogP contribution in [-0.2, 0) is 0 Å². The molecule has 0 bridgehead atoms. The van der Waals surface area contributed by atoms with Crippen LogP contribution in [0, 0.1) is 5.92 Å². The Morgan fingerprint density at radius 1 is 1.36 bits per heavy atom. The molecule has 0 aromatic carbocycles. The van der Waals surface area contributed by atoms with E-state index < -0.39 is 0 Å². The number of hydrogen-bond donors (Lipinski definition) is 0. The summed E-state index contributed by atoms with van der Waals surface area (Å²) < 4.78 is 0. The Bertz CT molecular complexity index is 232. The van der Waals surface area contributed by atoms with Crippen molar-refractivity contribution in [3.8, 4) is 0 Å². The molecule has 0 radical (unpaired) electrons. The van der Waals surface area contributed by atoms with E-state index in [9.17, 15) is 0 Å². The van der Waals surface area contributed by atoms with Gasteiger partial charge in [-0.3, -0.25) is 0 Å². The Hall–Kier alpha value is -0.490. The highest BCUT2D eigenvalue weighted by atomic mass is 35.5. The molecule has 1 heteroatoms. The van der Waals surface area contributed by atoms with Crippen LogP contribution in [0.4, 0.5) is 0 Å². The smallest absolute Gasteiger partial charge is 0.0401 e. The average Bonchev–Trinajstić information content (AvgIpc) is 2.35. The maximum absolute atomic E-state index is 6.08. The van der Waals surface area contributed by atoms with E-state index in [0.29, 0.717) is 5.92 Å². The Balaban J connectivity index is 0.000000791. The second-order valence-corrected chi connectivity index (χ2v) is 3.91. The molecule has 0 saturated carbocycles. The maximum Gasteiger partial charge on any atom is 0.0401 e. The summed E-state index contributed by atoms with van der Waals surface area (Å²) >= 11 is 6.08. The Morgan fingerprint density at radius 3 is 2.57 bits per heavy atom. The van der Waals surface area contributed by atoms with Crippen molar-refractivity contribution >= 4 is 11.6 Å². The largest absolute Gasteiger partial charge is 0.0844 e. The molecule has 1 aliphatic carbocycles. The molecule has 0 amide bonds. The molecule has 0 aromatic heterocycles. The molecule has 0 heterocycles. The Kier molecular flexibility index (Phi) is 7.60. The lowest BCUT2D eigenvalue weighted by atomic mass is 10.0. The second kappa shape index (κ2) is 7.87. The SMILES string of the molecule is CC.CC(C)CC1=CC=CCC=C1Cl. The van der Waals surface area contributed by atoms with Gasteiger partial charge in [-0.15, -0.1) is 0 Å². The van der Waals surface area contributed by atoms with Crippen molar-refractivity contribution in [2.45, 2.75) is 40.5 Å². The van der Waals surface area contributed by atoms with Crippen molar-refractivity contribution in [3.05, 3.63) is 34.9 Å². The lowest BCUT2D eigenvalue weighted by Gasteiger charge is -2.07. The van der Waals surface area contributed by atoms with Gasteiger partial charge >= 0.3 is 0 Å². The van der Waals surface area contributed by atoms with Crippen LogP contribution in [0.25, 0.3) is 0 Å². The minimum atomic E-state index is 0.671. The van der Waals surface area contributed by atoms with Gasteiger partial charge in [-0.2, -0.15) is 0 Å². The van der Waals surface area contributed by atoms with Crippen molar-refractivity contribution < 1.29 is 0 Å². The first kappa shape index (κ1) is 13.5. The first-order chi connectivity index (χ1) is 6.70. The summed E-state index contributed by atoms with van der Waals surface area (Å²) in [6.07, 6.45) is 10.4. The minimum absolute atomic E-state index is 0.671. The van der Waals surface area contributed by atoms with Crippen LogP contribution in [0.2, 0.25) is 0 Å². The normalized spacial score (nSPS) is 15.3. The van der Waals surface area contributed by atoms with E-state index in [0.717, 1.165) is 17.9 Å². The molecule has 0 atom stereocenters. The van der Waals surface area contributed by atoms with E-state index in [1.807, 2.05) is 13.8 Å². The lowest BCUT2D eigenvalue weighted by molar-refractivity contribution is 0.649. The zero-order valence-corrected chi connectivity index (χ0v) is 10.4. The molecule has 0 unspecified atom stereocenters. The van der Waals surface area contributed by atoms with Gasteiger partial charge in [-0.1, -0.05) is 63.6 Å². The van der Waals surface area contributed by atoms with Crippen molar-refractivity contribution in [3.63, 3.8) is 0 Å². The molecule has 80 valence electrons. The third-order valence-electron chi connectivity index (χ3n) is 1.80. The van der Waals surface area contributed by atoms with Crippen molar-refractivity contribution in [1.82, 2.24) is 0 Å². The van der Waals surface area contributed by atoms with Gasteiger partial charge in [0.05, 0.1) is 0 Å². The third-order valence-corrected chi connectivity index (χ3v) is 2.20. The highest BCUT2D eigenvalue weighted by Gasteiger charge is 2.05. The van der Waals surface area contributed by atoms with Gasteiger partial charge in [0.15, 0.2) is 0 Å². The van der Waals surface area contributed by atoms with E-state index >= 15 is 0 Å². The standard InChI is InChI=1S/C11H15Cl.C2H6/c1-9(2)8-10-6-4-3-5-7-11(10)12;1-2/h3-4,6-7,9H,5,8H2,1-2H3;1-2H3. The van der Waals surface area contributed by atoms with Crippen LogP contribution >= 0.6 is 11.6 Å². The molecular formula is C13H21Cl. The number of rotatable bonds is 2. The highest BCUT2D eigenvalue weighted by Crippen LogP contribution is 2.24. The van der Waals surface area contributed by atoms with E-state index in [4.69, 9.17) is 11.6 Å². The molecule has 14 heavy (non-hydrogen) atoms. The van der Waals surface area contributed by atoms with Crippen molar-refractivity contribution in [2.75, 3.05) is 0 Å². The summed E-state index contributed by atoms with van der Waals surface area (Å²) in [7, 11) is 0. The summed E-state index contributed by atoms with van der Waals surface area (Å²) in [5.74, 6) is 0.671. The van der Waals surface area contributed by atoms with E-state index in [2.05, 4.69) is 38.2 Å². The van der Waals surface area contributed by atoms with E-state index in [1.54, 1.807) is 0 Å². The summed E-state index contributed by atoms with van der Waals surface area (Å²) in [6, 6.07) is 0. The van der Waals surface area contributed by atoms with Gasteiger partial charge in [0.1, 0.15) is 0 Å². The van der Waals surface area contributed by atoms with Crippen LogP contribution < -0.4 is 0 Å². The van der Waals surface area contributed by atoms with E-state index in [-0.39, 0.29) is 0 Å².